The van der Waals surface area contributed by atoms with E-state index in [0.29, 0.717) is 5.56 Å². The first kappa shape index (κ1) is 20.1. The molecular weight excluding hydrogens is 390 g/mol. The van der Waals surface area contributed by atoms with Crippen molar-refractivity contribution in [1.82, 2.24) is 9.99 Å². The zero-order valence-electron chi connectivity index (χ0n) is 17.2. The minimum Gasteiger partial charge on any atom is -0.478 e. The van der Waals surface area contributed by atoms with Gasteiger partial charge in [0.1, 0.15) is 0 Å². The predicted octanol–water partition coefficient (Wildman–Crippen LogP) is 4.71. The van der Waals surface area contributed by atoms with Gasteiger partial charge in [0.25, 0.3) is 5.91 Å². The lowest BCUT2D eigenvalue weighted by atomic mass is 10.1. The lowest BCUT2D eigenvalue weighted by Crippen LogP contribution is -2.17. The van der Waals surface area contributed by atoms with E-state index in [9.17, 15) is 14.7 Å². The van der Waals surface area contributed by atoms with Crippen LogP contribution in [-0.2, 0) is 0 Å². The summed E-state index contributed by atoms with van der Waals surface area (Å²) in [6.07, 6.45) is 1.60. The van der Waals surface area contributed by atoms with Crippen LogP contribution in [0.1, 0.15) is 37.7 Å². The maximum Gasteiger partial charge on any atom is 0.335 e. The number of aryl methyl sites for hydroxylation is 1. The Morgan fingerprint density at radius 1 is 0.903 bits per heavy atom. The number of amides is 1. The van der Waals surface area contributed by atoms with Crippen LogP contribution in [0.25, 0.3) is 16.5 Å². The quantitative estimate of drug-likeness (QED) is 0.368. The van der Waals surface area contributed by atoms with Gasteiger partial charge >= 0.3 is 5.97 Å². The summed E-state index contributed by atoms with van der Waals surface area (Å²) in [7, 11) is 0. The molecule has 154 valence electrons. The molecule has 1 aromatic heterocycles. The fourth-order valence-electron chi connectivity index (χ4n) is 3.65. The van der Waals surface area contributed by atoms with Crippen LogP contribution in [0.3, 0.4) is 0 Å². The summed E-state index contributed by atoms with van der Waals surface area (Å²) in [4.78, 5) is 23.8. The Balaban J connectivity index is 1.54. The number of aromatic nitrogens is 1. The molecule has 0 bridgehead atoms. The molecule has 6 heteroatoms. The number of aromatic carboxylic acids is 1. The first-order chi connectivity index (χ1) is 14.9. The van der Waals surface area contributed by atoms with Crippen molar-refractivity contribution >= 4 is 28.9 Å². The van der Waals surface area contributed by atoms with Gasteiger partial charge in [-0.05, 0) is 61.0 Å². The van der Waals surface area contributed by atoms with Gasteiger partial charge in [-0.25, -0.2) is 10.2 Å². The number of carboxylic acid groups (broad SMARTS) is 1. The number of nitrogens with one attached hydrogen (secondary N) is 1. The molecule has 0 atom stereocenters. The molecular formula is C25H21N3O3. The number of hydrogen-bond acceptors (Lipinski definition) is 3. The van der Waals surface area contributed by atoms with Crippen molar-refractivity contribution in [2.24, 2.45) is 5.10 Å². The van der Waals surface area contributed by atoms with Gasteiger partial charge in [0, 0.05) is 28.2 Å². The molecule has 0 fully saturated rings. The summed E-state index contributed by atoms with van der Waals surface area (Å²) >= 11 is 0. The van der Waals surface area contributed by atoms with Gasteiger partial charge in [-0.3, -0.25) is 4.79 Å². The maximum absolute atomic E-state index is 12.5. The van der Waals surface area contributed by atoms with Crippen LogP contribution >= 0.6 is 0 Å². The van der Waals surface area contributed by atoms with Crippen molar-refractivity contribution < 1.29 is 14.7 Å². The topological polar surface area (TPSA) is 83.7 Å². The zero-order valence-corrected chi connectivity index (χ0v) is 17.2. The minimum absolute atomic E-state index is 0.225. The molecule has 3 aromatic carbocycles. The SMILES string of the molecule is Cc1cc(/C=N/NC(=O)c2ccc3ccccc3c2)c(C)n1-c1cccc(C(=O)O)c1. The Bertz CT molecular complexity index is 1340. The Morgan fingerprint density at radius 3 is 2.45 bits per heavy atom. The van der Waals surface area contributed by atoms with Crippen molar-refractivity contribution in [2.75, 3.05) is 0 Å². The molecule has 0 saturated heterocycles. The van der Waals surface area contributed by atoms with Gasteiger partial charge in [-0.1, -0.05) is 36.4 Å². The first-order valence-corrected chi connectivity index (χ1v) is 9.79. The summed E-state index contributed by atoms with van der Waals surface area (Å²) in [5, 5.41) is 15.4. The van der Waals surface area contributed by atoms with E-state index in [1.54, 1.807) is 30.5 Å². The van der Waals surface area contributed by atoms with Gasteiger partial charge in [0.05, 0.1) is 11.8 Å². The Kier molecular flexibility index (Phi) is 5.37. The molecule has 4 rings (SSSR count). The van der Waals surface area contributed by atoms with Gasteiger partial charge in [-0.15, -0.1) is 0 Å². The number of hydrogen-bond donors (Lipinski definition) is 2. The largest absolute Gasteiger partial charge is 0.478 e. The fraction of sp³-hybridized carbons (Fsp3) is 0.0800. The highest BCUT2D eigenvalue weighted by molar-refractivity contribution is 5.99. The molecule has 1 heterocycles. The van der Waals surface area contributed by atoms with E-state index in [2.05, 4.69) is 10.5 Å². The lowest BCUT2D eigenvalue weighted by Gasteiger charge is -2.10. The van der Waals surface area contributed by atoms with E-state index in [1.165, 1.54) is 0 Å². The zero-order chi connectivity index (χ0) is 22.0. The number of carbonyl (C=O) groups is 2. The molecule has 4 aromatic rings. The molecule has 6 nitrogen and oxygen atoms in total. The van der Waals surface area contributed by atoms with Crippen molar-refractivity contribution in [2.45, 2.75) is 13.8 Å². The smallest absolute Gasteiger partial charge is 0.335 e. The normalized spacial score (nSPS) is 11.2. The summed E-state index contributed by atoms with van der Waals surface area (Å²) in [5.41, 5.74) is 6.75. The number of carbonyl (C=O) groups excluding carboxylic acids is 1. The molecule has 0 spiro atoms. The molecule has 2 N–H and O–H groups in total. The number of rotatable bonds is 5. The third-order valence-corrected chi connectivity index (χ3v) is 5.20. The molecule has 0 aliphatic rings. The molecule has 0 saturated carbocycles. The van der Waals surface area contributed by atoms with E-state index in [0.717, 1.165) is 33.4 Å². The van der Waals surface area contributed by atoms with Crippen molar-refractivity contribution in [3.05, 3.63) is 101 Å². The lowest BCUT2D eigenvalue weighted by molar-refractivity contribution is 0.0696. The number of fused-ring (bicyclic) bond motifs is 1. The summed E-state index contributed by atoms with van der Waals surface area (Å²) in [5.74, 6) is -1.26. The van der Waals surface area contributed by atoms with Gasteiger partial charge in [-0.2, -0.15) is 5.10 Å². The van der Waals surface area contributed by atoms with Crippen molar-refractivity contribution in [3.63, 3.8) is 0 Å². The Hall–Kier alpha value is -4.19. The van der Waals surface area contributed by atoms with Crippen LogP contribution in [-0.4, -0.2) is 27.8 Å². The van der Waals surface area contributed by atoms with Crippen LogP contribution in [0.5, 0.6) is 0 Å². The predicted molar refractivity (Wildman–Crippen MR) is 121 cm³/mol. The first-order valence-electron chi connectivity index (χ1n) is 9.79. The van der Waals surface area contributed by atoms with Crippen LogP contribution in [0.2, 0.25) is 0 Å². The number of benzene rings is 3. The van der Waals surface area contributed by atoms with E-state index >= 15 is 0 Å². The second kappa shape index (κ2) is 8.28. The van der Waals surface area contributed by atoms with Crippen LogP contribution < -0.4 is 5.43 Å². The standard InChI is InChI=1S/C25H21N3O3/c1-16-12-22(17(2)28(16)23-9-5-8-21(14-23)25(30)31)15-26-27-24(29)20-11-10-18-6-3-4-7-19(18)13-20/h3-15H,1-2H3,(H,27,29)(H,30,31)/b26-15+. The maximum atomic E-state index is 12.5. The monoisotopic (exact) mass is 411 g/mol. The fourth-order valence-corrected chi connectivity index (χ4v) is 3.65. The summed E-state index contributed by atoms with van der Waals surface area (Å²) in [6, 6.07) is 22.1. The third-order valence-electron chi connectivity index (χ3n) is 5.20. The van der Waals surface area contributed by atoms with Gasteiger partial charge in [0.15, 0.2) is 0 Å². The molecule has 1 amide bonds. The molecule has 0 aliphatic carbocycles. The van der Waals surface area contributed by atoms with Crippen LogP contribution in [0.4, 0.5) is 0 Å². The van der Waals surface area contributed by atoms with Crippen LogP contribution in [0.15, 0.2) is 77.9 Å². The minimum atomic E-state index is -0.970. The Labute approximate surface area is 179 Å². The summed E-state index contributed by atoms with van der Waals surface area (Å²) < 4.78 is 1.96. The van der Waals surface area contributed by atoms with Crippen LogP contribution in [0, 0.1) is 13.8 Å². The number of hydrazone groups is 1. The second-order valence-electron chi connectivity index (χ2n) is 7.28. The van der Waals surface area contributed by atoms with E-state index in [1.807, 2.05) is 66.9 Å². The second-order valence-corrected chi connectivity index (χ2v) is 7.28. The highest BCUT2D eigenvalue weighted by atomic mass is 16.4. The van der Waals surface area contributed by atoms with E-state index in [4.69, 9.17) is 0 Å². The third kappa shape index (κ3) is 4.09. The highest BCUT2D eigenvalue weighted by Gasteiger charge is 2.12. The average Bonchev–Trinajstić information content (AvgIpc) is 3.06. The number of nitrogens with zero attached hydrogens (tertiary/aromatic N) is 2. The molecule has 0 aliphatic heterocycles. The van der Waals surface area contributed by atoms with E-state index in [-0.39, 0.29) is 11.5 Å². The number of carboxylic acids is 1. The van der Waals surface area contributed by atoms with E-state index < -0.39 is 5.97 Å². The van der Waals surface area contributed by atoms with Gasteiger partial charge in [0.2, 0.25) is 0 Å². The Morgan fingerprint density at radius 2 is 1.68 bits per heavy atom. The average molecular weight is 411 g/mol. The van der Waals surface area contributed by atoms with Gasteiger partial charge < -0.3 is 9.67 Å². The molecule has 31 heavy (non-hydrogen) atoms. The summed E-state index contributed by atoms with van der Waals surface area (Å²) in [6.45, 7) is 3.86. The highest BCUT2D eigenvalue weighted by Crippen LogP contribution is 2.21. The van der Waals surface area contributed by atoms with Crippen molar-refractivity contribution in [1.29, 1.82) is 0 Å². The molecule has 0 radical (unpaired) electrons. The van der Waals surface area contributed by atoms with Crippen molar-refractivity contribution in [3.8, 4) is 5.69 Å². The molecule has 0 unspecified atom stereocenters.